The van der Waals surface area contributed by atoms with Crippen LogP contribution in [0, 0.1) is 23.7 Å². The van der Waals surface area contributed by atoms with Crippen molar-refractivity contribution < 1.29 is 14.3 Å². The normalized spacial score (nSPS) is 31.6. The van der Waals surface area contributed by atoms with Crippen LogP contribution in [0.3, 0.4) is 0 Å². The molecule has 1 amide bonds. The quantitative estimate of drug-likeness (QED) is 0.211. The molecule has 6 unspecified atom stereocenters. The van der Waals surface area contributed by atoms with Crippen molar-refractivity contribution in [2.75, 3.05) is 38.3 Å². The zero-order valence-electron chi connectivity index (χ0n) is 25.9. The fourth-order valence-corrected chi connectivity index (χ4v) is 8.77. The number of fused-ring (bicyclic) bond motifs is 4. The van der Waals surface area contributed by atoms with Gasteiger partial charge in [0.05, 0.1) is 12.3 Å². The van der Waals surface area contributed by atoms with Crippen LogP contribution < -0.4 is 14.4 Å². The van der Waals surface area contributed by atoms with Gasteiger partial charge in [0.1, 0.15) is 5.75 Å². The minimum Gasteiger partial charge on any atom is -0.490 e. The summed E-state index contributed by atoms with van der Waals surface area (Å²) in [5, 5.41) is 1.12. The van der Waals surface area contributed by atoms with Gasteiger partial charge in [-0.2, -0.15) is 0 Å². The number of amides is 1. The van der Waals surface area contributed by atoms with Gasteiger partial charge in [0.25, 0.3) is 5.91 Å². The van der Waals surface area contributed by atoms with Crippen molar-refractivity contribution in [1.29, 1.82) is 0 Å². The molecule has 2 bridgehead atoms. The summed E-state index contributed by atoms with van der Waals surface area (Å²) >= 11 is 8.00. The van der Waals surface area contributed by atoms with E-state index in [-0.39, 0.29) is 11.3 Å². The van der Waals surface area contributed by atoms with Gasteiger partial charge in [-0.15, -0.1) is 0 Å². The van der Waals surface area contributed by atoms with E-state index in [9.17, 15) is 4.79 Å². The van der Waals surface area contributed by atoms with Crippen molar-refractivity contribution in [1.82, 2.24) is 4.72 Å². The molecule has 1 N–H and O–H groups in total. The molecule has 0 aromatic heterocycles. The summed E-state index contributed by atoms with van der Waals surface area (Å²) in [5.41, 5.74) is 4.38. The fourth-order valence-electron chi connectivity index (χ4n) is 7.82. The zero-order chi connectivity index (χ0) is 30.0. The van der Waals surface area contributed by atoms with Crippen LogP contribution >= 0.6 is 23.5 Å². The highest BCUT2D eigenvalue weighted by molar-refractivity contribution is 7.98. The molecule has 1 saturated carbocycles. The van der Waals surface area contributed by atoms with Gasteiger partial charge in [-0.25, -0.2) is 0 Å². The number of nitrogens with one attached hydrogen (secondary N) is 1. The molecule has 0 saturated heterocycles. The topological polar surface area (TPSA) is 50.8 Å². The van der Waals surface area contributed by atoms with Crippen molar-refractivity contribution in [3.8, 4) is 5.75 Å². The first-order valence-corrected chi connectivity index (χ1v) is 17.5. The number of carbonyl (C=O) groups is 1. The van der Waals surface area contributed by atoms with Gasteiger partial charge in [-0.3, -0.25) is 9.52 Å². The van der Waals surface area contributed by atoms with Crippen LogP contribution in [0.4, 0.5) is 5.69 Å². The lowest BCUT2D eigenvalue weighted by Gasteiger charge is -2.46. The average Bonchev–Trinajstić information content (AvgIpc) is 3.14. The molecule has 2 aromatic carbocycles. The highest BCUT2D eigenvalue weighted by Crippen LogP contribution is 2.48. The summed E-state index contributed by atoms with van der Waals surface area (Å²) in [6.45, 7) is 7.82. The van der Waals surface area contributed by atoms with E-state index in [0.29, 0.717) is 41.1 Å². The molecule has 1 fully saturated rings. The Labute approximate surface area is 267 Å². The number of hydrogen-bond acceptors (Lipinski definition) is 5. The van der Waals surface area contributed by atoms with Gasteiger partial charge in [-0.1, -0.05) is 43.7 Å². The molecular formula is C36H47ClN2O3S. The van der Waals surface area contributed by atoms with Crippen molar-refractivity contribution in [2.45, 2.75) is 75.9 Å². The van der Waals surface area contributed by atoms with Crippen molar-refractivity contribution in [3.63, 3.8) is 0 Å². The number of anilines is 1. The number of allylic oxidation sites excluding steroid dienone is 2. The summed E-state index contributed by atoms with van der Waals surface area (Å²) in [4.78, 5) is 16.0. The monoisotopic (exact) mass is 622 g/mol. The minimum absolute atomic E-state index is 0.0363. The first-order chi connectivity index (χ1) is 20.9. The third-order valence-corrected chi connectivity index (χ3v) is 12.1. The van der Waals surface area contributed by atoms with E-state index in [0.717, 1.165) is 68.3 Å². The van der Waals surface area contributed by atoms with Crippen LogP contribution in [-0.2, 0) is 16.6 Å². The Morgan fingerprint density at radius 3 is 2.88 bits per heavy atom. The largest absolute Gasteiger partial charge is 0.490 e. The van der Waals surface area contributed by atoms with E-state index in [1.807, 2.05) is 18.2 Å². The summed E-state index contributed by atoms with van der Waals surface area (Å²) in [7, 11) is 1.81. The molecule has 7 heteroatoms. The lowest BCUT2D eigenvalue weighted by Crippen LogP contribution is -2.49. The van der Waals surface area contributed by atoms with Crippen LogP contribution in [0.5, 0.6) is 5.75 Å². The number of hydrogen-bond donors (Lipinski definition) is 1. The number of methoxy groups -OCH3 is 1. The third kappa shape index (κ3) is 6.62. The van der Waals surface area contributed by atoms with Gasteiger partial charge in [0.15, 0.2) is 0 Å². The molecule has 43 heavy (non-hydrogen) atoms. The molecule has 0 radical (unpaired) electrons. The highest BCUT2D eigenvalue weighted by atomic mass is 35.5. The Bertz CT molecular complexity index is 1330. The maximum atomic E-state index is 13.4. The molecule has 232 valence electrons. The zero-order valence-corrected chi connectivity index (χ0v) is 27.5. The van der Waals surface area contributed by atoms with E-state index < -0.39 is 0 Å². The van der Waals surface area contributed by atoms with Crippen LogP contribution in [-0.4, -0.2) is 44.6 Å². The molecule has 2 aromatic rings. The number of rotatable bonds is 4. The number of halogens is 1. The van der Waals surface area contributed by atoms with E-state index in [2.05, 4.69) is 53.8 Å². The van der Waals surface area contributed by atoms with Crippen molar-refractivity contribution >= 4 is 35.1 Å². The van der Waals surface area contributed by atoms with Gasteiger partial charge in [0, 0.05) is 48.1 Å². The second-order valence-corrected chi connectivity index (χ2v) is 15.1. The second-order valence-electron chi connectivity index (χ2n) is 13.5. The molecule has 4 aliphatic rings. The Balaban J connectivity index is 1.37. The maximum absolute atomic E-state index is 13.4. The van der Waals surface area contributed by atoms with Crippen LogP contribution in [0.2, 0.25) is 5.02 Å². The second kappa shape index (κ2) is 13.5. The third-order valence-electron chi connectivity index (χ3n) is 10.7. The first kappa shape index (κ1) is 30.9. The summed E-state index contributed by atoms with van der Waals surface area (Å²) < 4.78 is 15.3. The van der Waals surface area contributed by atoms with E-state index in [4.69, 9.17) is 21.1 Å². The molecule has 1 spiro atoms. The number of aryl methyl sites for hydroxylation is 1. The van der Waals surface area contributed by atoms with E-state index in [1.54, 1.807) is 19.1 Å². The minimum atomic E-state index is -0.112. The number of ether oxygens (including phenoxy) is 2. The molecule has 2 heterocycles. The lowest BCUT2D eigenvalue weighted by atomic mass is 9.65. The fraction of sp³-hybridized carbons (Fsp3) is 0.583. The van der Waals surface area contributed by atoms with Crippen LogP contribution in [0.1, 0.15) is 80.3 Å². The number of benzene rings is 2. The van der Waals surface area contributed by atoms with Crippen molar-refractivity contribution in [2.24, 2.45) is 23.7 Å². The first-order valence-electron chi connectivity index (χ1n) is 16.3. The van der Waals surface area contributed by atoms with E-state index >= 15 is 0 Å². The van der Waals surface area contributed by atoms with Crippen LogP contribution in [0.15, 0.2) is 48.6 Å². The molecule has 5 nitrogen and oxygen atoms in total. The van der Waals surface area contributed by atoms with Crippen molar-refractivity contribution in [3.05, 3.63) is 70.3 Å². The number of carbonyl (C=O) groups excluding carboxylic acids is 1. The Morgan fingerprint density at radius 2 is 2.07 bits per heavy atom. The summed E-state index contributed by atoms with van der Waals surface area (Å²) in [6.07, 6.45) is 14.0. The standard InChI is InChI=1S/C36H47ClN2O3S/c1-24-7-4-8-26(10-6-18-41-3)31-14-11-29(31)21-39-22-36(17-5-9-27-19-30(37)13-15-32(27)36)23-42-34-16-12-28(20-33(34)39)35(40)38-43-25(24)2/h4,8,12-13,15-16,19-20,24-26,29,31H,5-7,9-11,14,17-18,21-23H2,1-3H3,(H,38,40)/b8-4+. The number of nitrogens with zero attached hydrogens (tertiary/aromatic N) is 1. The average molecular weight is 623 g/mol. The Morgan fingerprint density at radius 1 is 1.19 bits per heavy atom. The lowest BCUT2D eigenvalue weighted by molar-refractivity contribution is 0.0984. The highest BCUT2D eigenvalue weighted by Gasteiger charge is 2.44. The predicted molar refractivity (Wildman–Crippen MR) is 178 cm³/mol. The SMILES string of the molecule is COCCCC1/C=C/CC(C)C(C)SNC(=O)c2ccc3c(c2)N(CC2CCC12)CC1(CCCc2cc(Cl)ccc21)CO3. The van der Waals surface area contributed by atoms with Crippen LogP contribution in [0.25, 0.3) is 0 Å². The molecule has 2 aliphatic carbocycles. The summed E-state index contributed by atoms with van der Waals surface area (Å²) in [5.74, 6) is 3.15. The predicted octanol–water partition coefficient (Wildman–Crippen LogP) is 8.24. The molecule has 6 atom stereocenters. The Kier molecular flexibility index (Phi) is 9.66. The van der Waals surface area contributed by atoms with E-state index in [1.165, 1.54) is 30.4 Å². The van der Waals surface area contributed by atoms with Gasteiger partial charge in [0.2, 0.25) is 0 Å². The summed E-state index contributed by atoms with van der Waals surface area (Å²) in [6, 6.07) is 12.5. The maximum Gasteiger partial charge on any atom is 0.261 e. The smallest absolute Gasteiger partial charge is 0.261 e. The Hall–Kier alpha value is -2.15. The van der Waals surface area contributed by atoms with Gasteiger partial charge in [-0.05, 0) is 128 Å². The van der Waals surface area contributed by atoms with Gasteiger partial charge >= 0.3 is 0 Å². The van der Waals surface area contributed by atoms with Gasteiger partial charge < -0.3 is 14.4 Å². The molecule has 2 aliphatic heterocycles. The molecular weight excluding hydrogens is 576 g/mol. The molecule has 6 rings (SSSR count).